The highest BCUT2D eigenvalue weighted by atomic mass is 35.5. The molecule has 1 N–H and O–H groups in total. The summed E-state index contributed by atoms with van der Waals surface area (Å²) in [6.45, 7) is 1.98. The minimum Gasteiger partial charge on any atom is -0.496 e. The summed E-state index contributed by atoms with van der Waals surface area (Å²) in [7, 11) is 1.65. The normalized spacial score (nSPS) is 10.5. The van der Waals surface area contributed by atoms with Gasteiger partial charge in [-0.25, -0.2) is 0 Å². The molecule has 0 unspecified atom stereocenters. The molecular formula is C23H22ClNO2S. The van der Waals surface area contributed by atoms with Crippen molar-refractivity contribution in [2.75, 3.05) is 12.4 Å². The highest BCUT2D eigenvalue weighted by Crippen LogP contribution is 2.30. The van der Waals surface area contributed by atoms with Gasteiger partial charge in [-0.3, -0.25) is 4.79 Å². The summed E-state index contributed by atoms with van der Waals surface area (Å²) >= 11 is 7.63. The molecule has 3 aromatic carbocycles. The Labute approximate surface area is 175 Å². The van der Waals surface area contributed by atoms with E-state index >= 15 is 0 Å². The third-order valence-electron chi connectivity index (χ3n) is 4.29. The molecule has 0 fully saturated rings. The van der Waals surface area contributed by atoms with Gasteiger partial charge in [0.1, 0.15) is 5.75 Å². The van der Waals surface area contributed by atoms with Gasteiger partial charge in [0.05, 0.1) is 19.2 Å². The predicted octanol–water partition coefficient (Wildman–Crippen LogP) is 6.13. The largest absolute Gasteiger partial charge is 0.496 e. The van der Waals surface area contributed by atoms with E-state index in [2.05, 4.69) is 5.32 Å². The lowest BCUT2D eigenvalue weighted by atomic mass is 10.1. The molecule has 3 rings (SSSR count). The smallest absolute Gasteiger partial charge is 0.228 e. The lowest BCUT2D eigenvalue weighted by Crippen LogP contribution is -2.15. The number of benzene rings is 3. The molecule has 0 atom stereocenters. The first-order valence-electron chi connectivity index (χ1n) is 8.95. The first-order valence-corrected chi connectivity index (χ1v) is 10.3. The number of para-hydroxylation sites is 1. The van der Waals surface area contributed by atoms with E-state index in [0.29, 0.717) is 6.42 Å². The highest BCUT2D eigenvalue weighted by molar-refractivity contribution is 7.98. The number of hydrogen-bond acceptors (Lipinski definition) is 3. The molecule has 5 heteroatoms. The van der Waals surface area contributed by atoms with Gasteiger partial charge in [-0.1, -0.05) is 48.0 Å². The van der Waals surface area contributed by atoms with Crippen LogP contribution in [0.15, 0.2) is 71.6 Å². The van der Waals surface area contributed by atoms with Crippen LogP contribution in [0.1, 0.15) is 16.7 Å². The number of methoxy groups -OCH3 is 1. The van der Waals surface area contributed by atoms with E-state index in [1.165, 1.54) is 5.56 Å². The summed E-state index contributed by atoms with van der Waals surface area (Å²) in [6.07, 6.45) is 0.320. The molecule has 0 aliphatic heterocycles. The number of aryl methyl sites for hydroxylation is 1. The quantitative estimate of drug-likeness (QED) is 0.475. The maximum atomic E-state index is 12.5. The van der Waals surface area contributed by atoms with E-state index in [4.69, 9.17) is 16.3 Å². The van der Waals surface area contributed by atoms with Crippen LogP contribution in [0.5, 0.6) is 5.75 Å². The number of thioether (sulfide) groups is 1. The molecule has 0 bridgehead atoms. The number of rotatable bonds is 7. The minimum atomic E-state index is -0.0379. The zero-order valence-corrected chi connectivity index (χ0v) is 17.4. The first kappa shape index (κ1) is 20.3. The lowest BCUT2D eigenvalue weighted by Gasteiger charge is -2.12. The first-order chi connectivity index (χ1) is 13.5. The van der Waals surface area contributed by atoms with Crippen molar-refractivity contribution in [3.8, 4) is 5.75 Å². The number of carbonyl (C=O) groups is 1. The summed E-state index contributed by atoms with van der Waals surface area (Å²) in [6, 6.07) is 21.5. The molecule has 0 heterocycles. The number of halogens is 1. The number of nitrogens with one attached hydrogen (secondary N) is 1. The van der Waals surface area contributed by atoms with Crippen LogP contribution < -0.4 is 10.1 Å². The van der Waals surface area contributed by atoms with Gasteiger partial charge in [-0.05, 0) is 53.9 Å². The number of ether oxygens (including phenoxy) is 1. The van der Waals surface area contributed by atoms with Gasteiger partial charge in [0.2, 0.25) is 5.91 Å². The fraction of sp³-hybridized carbons (Fsp3) is 0.174. The fourth-order valence-corrected chi connectivity index (χ4v) is 3.96. The Hall–Kier alpha value is -2.43. The van der Waals surface area contributed by atoms with Crippen molar-refractivity contribution in [3.63, 3.8) is 0 Å². The highest BCUT2D eigenvalue weighted by Gasteiger charge is 2.09. The maximum absolute atomic E-state index is 12.5. The zero-order chi connectivity index (χ0) is 19.9. The van der Waals surface area contributed by atoms with Crippen molar-refractivity contribution >= 4 is 35.0 Å². The van der Waals surface area contributed by atoms with Crippen LogP contribution >= 0.6 is 23.4 Å². The molecule has 0 saturated heterocycles. The van der Waals surface area contributed by atoms with E-state index < -0.39 is 0 Å². The maximum Gasteiger partial charge on any atom is 0.228 e. The number of carbonyl (C=O) groups excluding carboxylic acids is 1. The van der Waals surface area contributed by atoms with Crippen molar-refractivity contribution in [3.05, 3.63) is 88.4 Å². The average molecular weight is 412 g/mol. The molecular weight excluding hydrogens is 390 g/mol. The summed E-state index contributed by atoms with van der Waals surface area (Å²) in [5.74, 6) is 1.60. The van der Waals surface area contributed by atoms with E-state index in [1.807, 2.05) is 73.7 Å². The van der Waals surface area contributed by atoms with Crippen molar-refractivity contribution in [1.29, 1.82) is 0 Å². The van der Waals surface area contributed by atoms with Crippen molar-refractivity contribution in [1.82, 2.24) is 0 Å². The van der Waals surface area contributed by atoms with Gasteiger partial charge in [0.15, 0.2) is 0 Å². The van der Waals surface area contributed by atoms with Gasteiger partial charge >= 0.3 is 0 Å². The zero-order valence-electron chi connectivity index (χ0n) is 15.9. The Morgan fingerprint density at radius 3 is 2.46 bits per heavy atom. The molecule has 0 spiro atoms. The van der Waals surface area contributed by atoms with Crippen LogP contribution in [-0.2, 0) is 17.0 Å². The minimum absolute atomic E-state index is 0.0379. The summed E-state index contributed by atoms with van der Waals surface area (Å²) in [5, 5.41) is 3.77. The van der Waals surface area contributed by atoms with Gasteiger partial charge in [0.25, 0.3) is 0 Å². The molecule has 0 aliphatic carbocycles. The molecule has 3 aromatic rings. The Morgan fingerprint density at radius 1 is 1.04 bits per heavy atom. The SMILES string of the molecule is COc1ccc(CC(=O)Nc2ccccc2SCc2ccc(Cl)cc2)cc1C. The van der Waals surface area contributed by atoms with Crippen LogP contribution in [0, 0.1) is 6.92 Å². The second kappa shape index (κ2) is 9.67. The Kier molecular flexibility index (Phi) is 7.01. The van der Waals surface area contributed by atoms with Crippen molar-refractivity contribution in [2.24, 2.45) is 0 Å². The lowest BCUT2D eigenvalue weighted by molar-refractivity contribution is -0.115. The van der Waals surface area contributed by atoms with Crippen LogP contribution in [0.3, 0.4) is 0 Å². The molecule has 0 aromatic heterocycles. The van der Waals surface area contributed by atoms with Crippen LogP contribution in [0.25, 0.3) is 0 Å². The number of amides is 1. The van der Waals surface area contributed by atoms with Gasteiger partial charge in [-0.15, -0.1) is 11.8 Å². The van der Waals surface area contributed by atoms with Crippen LogP contribution in [-0.4, -0.2) is 13.0 Å². The monoisotopic (exact) mass is 411 g/mol. The number of hydrogen-bond donors (Lipinski definition) is 1. The third kappa shape index (κ3) is 5.54. The third-order valence-corrected chi connectivity index (χ3v) is 5.69. The molecule has 1 amide bonds. The second-order valence-corrected chi connectivity index (χ2v) is 7.89. The molecule has 0 radical (unpaired) electrons. The summed E-state index contributed by atoms with van der Waals surface area (Å²) < 4.78 is 5.28. The molecule has 0 aliphatic rings. The standard InChI is InChI=1S/C23H22ClNO2S/c1-16-13-18(9-12-21(16)27-2)14-23(26)25-20-5-3-4-6-22(20)28-15-17-7-10-19(24)11-8-17/h3-13H,14-15H2,1-2H3,(H,25,26). The van der Waals surface area contributed by atoms with E-state index in [-0.39, 0.29) is 5.91 Å². The van der Waals surface area contributed by atoms with E-state index in [0.717, 1.165) is 38.2 Å². The van der Waals surface area contributed by atoms with E-state index in [1.54, 1.807) is 18.9 Å². The molecule has 144 valence electrons. The topological polar surface area (TPSA) is 38.3 Å². The molecule has 3 nitrogen and oxygen atoms in total. The van der Waals surface area contributed by atoms with Crippen LogP contribution in [0.2, 0.25) is 5.02 Å². The van der Waals surface area contributed by atoms with Gasteiger partial charge in [0, 0.05) is 15.7 Å². The van der Waals surface area contributed by atoms with Crippen molar-refractivity contribution in [2.45, 2.75) is 24.0 Å². The van der Waals surface area contributed by atoms with Gasteiger partial charge in [-0.2, -0.15) is 0 Å². The predicted molar refractivity (Wildman–Crippen MR) is 118 cm³/mol. The number of anilines is 1. The summed E-state index contributed by atoms with van der Waals surface area (Å²) in [5.41, 5.74) is 4.00. The van der Waals surface area contributed by atoms with Crippen LogP contribution in [0.4, 0.5) is 5.69 Å². The van der Waals surface area contributed by atoms with Gasteiger partial charge < -0.3 is 10.1 Å². The Bertz CT molecular complexity index is 957. The Balaban J connectivity index is 1.64. The van der Waals surface area contributed by atoms with E-state index in [9.17, 15) is 4.79 Å². The van der Waals surface area contributed by atoms with Crippen molar-refractivity contribution < 1.29 is 9.53 Å². The fourth-order valence-electron chi connectivity index (χ4n) is 2.87. The average Bonchev–Trinajstić information content (AvgIpc) is 2.68. The molecule has 0 saturated carbocycles. The second-order valence-electron chi connectivity index (χ2n) is 6.44. The molecule has 28 heavy (non-hydrogen) atoms. The summed E-state index contributed by atoms with van der Waals surface area (Å²) in [4.78, 5) is 13.6. The Morgan fingerprint density at radius 2 is 1.75 bits per heavy atom.